The Morgan fingerprint density at radius 2 is 2.18 bits per heavy atom. The molecule has 1 aliphatic carbocycles. The van der Waals surface area contributed by atoms with Crippen LogP contribution < -0.4 is 5.32 Å². The van der Waals surface area contributed by atoms with Gasteiger partial charge in [-0.15, -0.1) is 0 Å². The van der Waals surface area contributed by atoms with Crippen LogP contribution in [0.15, 0.2) is 22.7 Å². The quantitative estimate of drug-likeness (QED) is 0.869. The van der Waals surface area contributed by atoms with Gasteiger partial charge >= 0.3 is 0 Å². The summed E-state index contributed by atoms with van der Waals surface area (Å²) in [4.78, 5) is 0. The van der Waals surface area contributed by atoms with Gasteiger partial charge in [0.1, 0.15) is 5.82 Å². The zero-order valence-corrected chi connectivity index (χ0v) is 12.0. The van der Waals surface area contributed by atoms with E-state index in [2.05, 4.69) is 35.1 Å². The molecule has 0 radical (unpaired) electrons. The molecule has 17 heavy (non-hydrogen) atoms. The maximum Gasteiger partial charge on any atom is 0.127 e. The summed E-state index contributed by atoms with van der Waals surface area (Å²) in [6, 6.07) is 5.74. The molecule has 1 aromatic carbocycles. The molecule has 1 nitrogen and oxygen atoms in total. The van der Waals surface area contributed by atoms with E-state index in [1.165, 1.54) is 12.8 Å². The summed E-state index contributed by atoms with van der Waals surface area (Å²) in [7, 11) is 0. The third kappa shape index (κ3) is 3.08. The Balaban J connectivity index is 2.11. The number of benzene rings is 1. The molecule has 94 valence electrons. The topological polar surface area (TPSA) is 12.0 Å². The third-order valence-electron chi connectivity index (χ3n) is 3.77. The maximum atomic E-state index is 13.8. The lowest BCUT2D eigenvalue weighted by Gasteiger charge is -2.24. The van der Waals surface area contributed by atoms with Gasteiger partial charge in [0, 0.05) is 10.5 Å². The van der Waals surface area contributed by atoms with Crippen molar-refractivity contribution in [3.8, 4) is 0 Å². The number of likely N-dealkylation sites (N-methyl/N-ethyl adjacent to an activating group) is 1. The largest absolute Gasteiger partial charge is 0.313 e. The van der Waals surface area contributed by atoms with Gasteiger partial charge in [0.25, 0.3) is 0 Å². The molecule has 0 aromatic heterocycles. The van der Waals surface area contributed by atoms with Gasteiger partial charge in [0.2, 0.25) is 0 Å². The van der Waals surface area contributed by atoms with Crippen molar-refractivity contribution in [2.45, 2.75) is 39.2 Å². The highest BCUT2D eigenvalue weighted by atomic mass is 79.9. The van der Waals surface area contributed by atoms with E-state index in [0.29, 0.717) is 11.5 Å². The van der Waals surface area contributed by atoms with E-state index >= 15 is 0 Å². The molecule has 3 heteroatoms. The van der Waals surface area contributed by atoms with Gasteiger partial charge in [-0.2, -0.15) is 0 Å². The molecular formula is C14H19BrFN. The second kappa shape index (κ2) is 5.07. The Labute approximate surface area is 111 Å². The van der Waals surface area contributed by atoms with Gasteiger partial charge in [-0.3, -0.25) is 0 Å². The third-order valence-corrected chi connectivity index (χ3v) is 4.26. The van der Waals surface area contributed by atoms with E-state index in [-0.39, 0.29) is 5.82 Å². The van der Waals surface area contributed by atoms with Crippen molar-refractivity contribution in [2.75, 3.05) is 6.54 Å². The Hall–Kier alpha value is -0.410. The van der Waals surface area contributed by atoms with E-state index in [4.69, 9.17) is 0 Å². The molecule has 0 amide bonds. The van der Waals surface area contributed by atoms with E-state index in [0.717, 1.165) is 23.0 Å². The van der Waals surface area contributed by atoms with Crippen molar-refractivity contribution in [1.29, 1.82) is 0 Å². The van der Waals surface area contributed by atoms with Gasteiger partial charge < -0.3 is 5.32 Å². The Morgan fingerprint density at radius 3 is 2.71 bits per heavy atom. The van der Waals surface area contributed by atoms with Crippen LogP contribution in [0.4, 0.5) is 4.39 Å². The fourth-order valence-corrected chi connectivity index (χ4v) is 2.60. The first-order valence-corrected chi connectivity index (χ1v) is 7.02. The average Bonchev–Trinajstić information content (AvgIpc) is 3.01. The lowest BCUT2D eigenvalue weighted by atomic mass is 9.92. The summed E-state index contributed by atoms with van der Waals surface area (Å²) < 4.78 is 14.6. The zero-order valence-electron chi connectivity index (χ0n) is 10.4. The van der Waals surface area contributed by atoms with Crippen molar-refractivity contribution in [3.05, 3.63) is 34.1 Å². The van der Waals surface area contributed by atoms with Crippen LogP contribution in [0.2, 0.25) is 0 Å². The average molecular weight is 300 g/mol. The number of nitrogens with one attached hydrogen (secondary N) is 1. The molecule has 0 saturated heterocycles. The molecule has 1 N–H and O–H groups in total. The van der Waals surface area contributed by atoms with Gasteiger partial charge in [-0.05, 0) is 48.9 Å². The van der Waals surface area contributed by atoms with E-state index in [1.54, 1.807) is 6.07 Å². The highest BCUT2D eigenvalue weighted by Crippen LogP contribution is 2.49. The van der Waals surface area contributed by atoms with E-state index < -0.39 is 0 Å². The van der Waals surface area contributed by atoms with Crippen molar-refractivity contribution in [1.82, 2.24) is 5.32 Å². The van der Waals surface area contributed by atoms with Crippen molar-refractivity contribution in [2.24, 2.45) is 5.41 Å². The van der Waals surface area contributed by atoms with Crippen LogP contribution in [-0.4, -0.2) is 12.6 Å². The van der Waals surface area contributed by atoms with Gasteiger partial charge in [0.15, 0.2) is 0 Å². The standard InChI is InChI=1S/C14H19BrFN/c1-3-17-13(14(2)6-7-14)8-10-4-5-11(15)9-12(10)16/h4-5,9,13,17H,3,6-8H2,1-2H3. The molecule has 0 bridgehead atoms. The molecule has 1 atom stereocenters. The summed E-state index contributed by atoms with van der Waals surface area (Å²) in [6.45, 7) is 5.34. The monoisotopic (exact) mass is 299 g/mol. The molecule has 1 saturated carbocycles. The molecule has 0 spiro atoms. The number of hydrogen-bond donors (Lipinski definition) is 1. The van der Waals surface area contributed by atoms with Gasteiger partial charge in [-0.1, -0.05) is 35.8 Å². The molecule has 2 rings (SSSR count). The van der Waals surface area contributed by atoms with Crippen molar-refractivity contribution < 1.29 is 4.39 Å². The van der Waals surface area contributed by atoms with E-state index in [1.807, 2.05) is 12.1 Å². The molecule has 1 unspecified atom stereocenters. The number of halogens is 2. The first-order valence-electron chi connectivity index (χ1n) is 6.22. The highest BCUT2D eigenvalue weighted by Gasteiger charge is 2.44. The van der Waals surface area contributed by atoms with Crippen LogP contribution in [0.3, 0.4) is 0 Å². The summed E-state index contributed by atoms with van der Waals surface area (Å²) in [5.41, 5.74) is 1.18. The minimum Gasteiger partial charge on any atom is -0.313 e. The lowest BCUT2D eigenvalue weighted by molar-refractivity contribution is 0.356. The fraction of sp³-hybridized carbons (Fsp3) is 0.571. The van der Waals surface area contributed by atoms with Crippen LogP contribution in [0, 0.1) is 11.2 Å². The van der Waals surface area contributed by atoms with E-state index in [9.17, 15) is 4.39 Å². The minimum absolute atomic E-state index is 0.105. The van der Waals surface area contributed by atoms with Crippen LogP contribution >= 0.6 is 15.9 Å². The molecule has 1 fully saturated rings. The number of hydrogen-bond acceptors (Lipinski definition) is 1. The summed E-state index contributed by atoms with van der Waals surface area (Å²) in [6.07, 6.45) is 3.29. The Morgan fingerprint density at radius 1 is 1.47 bits per heavy atom. The minimum atomic E-state index is -0.105. The SMILES string of the molecule is CCNC(Cc1ccc(Br)cc1F)C1(C)CC1. The summed E-state index contributed by atoms with van der Waals surface area (Å²) >= 11 is 3.29. The van der Waals surface area contributed by atoms with Crippen molar-refractivity contribution in [3.63, 3.8) is 0 Å². The normalized spacial score (nSPS) is 19.1. The first kappa shape index (κ1) is 13.0. The maximum absolute atomic E-state index is 13.8. The zero-order chi connectivity index (χ0) is 12.5. The molecule has 1 aromatic rings. The highest BCUT2D eigenvalue weighted by molar-refractivity contribution is 9.10. The number of rotatable bonds is 5. The second-order valence-corrected chi connectivity index (χ2v) is 6.12. The van der Waals surface area contributed by atoms with Gasteiger partial charge in [0.05, 0.1) is 0 Å². The lowest BCUT2D eigenvalue weighted by Crippen LogP contribution is -2.38. The second-order valence-electron chi connectivity index (χ2n) is 5.20. The Kier molecular flexibility index (Phi) is 3.88. The molecule has 1 aliphatic rings. The fourth-order valence-electron chi connectivity index (χ4n) is 2.26. The molecule has 0 aliphatic heterocycles. The van der Waals surface area contributed by atoms with Crippen LogP contribution in [0.25, 0.3) is 0 Å². The predicted octanol–water partition coefficient (Wildman–Crippen LogP) is 3.91. The molecule has 0 heterocycles. The summed E-state index contributed by atoms with van der Waals surface area (Å²) in [5, 5.41) is 3.50. The van der Waals surface area contributed by atoms with Gasteiger partial charge in [-0.25, -0.2) is 4.39 Å². The van der Waals surface area contributed by atoms with Crippen LogP contribution in [-0.2, 0) is 6.42 Å². The van der Waals surface area contributed by atoms with Crippen molar-refractivity contribution >= 4 is 15.9 Å². The van der Waals surface area contributed by atoms with Crippen LogP contribution in [0.1, 0.15) is 32.3 Å². The first-order chi connectivity index (χ1) is 8.05. The van der Waals surface area contributed by atoms with Crippen LogP contribution in [0.5, 0.6) is 0 Å². The predicted molar refractivity (Wildman–Crippen MR) is 72.6 cm³/mol. The summed E-state index contributed by atoms with van der Waals surface area (Å²) in [5.74, 6) is -0.105. The smallest absolute Gasteiger partial charge is 0.127 e. The molecular weight excluding hydrogens is 281 g/mol. The Bertz CT molecular complexity index is 401.